The van der Waals surface area contributed by atoms with Crippen LogP contribution in [0.25, 0.3) is 0 Å². The van der Waals surface area contributed by atoms with Crippen LogP contribution in [-0.4, -0.2) is 89.8 Å². The highest BCUT2D eigenvalue weighted by atomic mass is 16.4. The zero-order valence-corrected chi connectivity index (χ0v) is 18.3. The number of carbonyl (C=O) groups is 6. The van der Waals surface area contributed by atoms with E-state index in [0.717, 1.165) is 17.9 Å². The maximum atomic E-state index is 12.5. The Morgan fingerprint density at radius 2 is 1.81 bits per heavy atom. The number of carbonyl (C=O) groups excluding carboxylic acids is 5. The summed E-state index contributed by atoms with van der Waals surface area (Å²) in [4.78, 5) is 72.0. The van der Waals surface area contributed by atoms with E-state index < -0.39 is 54.8 Å². The van der Waals surface area contributed by atoms with Gasteiger partial charge in [0.25, 0.3) is 0 Å². The molecule has 1 aliphatic heterocycles. The summed E-state index contributed by atoms with van der Waals surface area (Å²) >= 11 is 0. The van der Waals surface area contributed by atoms with Gasteiger partial charge >= 0.3 is 5.97 Å². The van der Waals surface area contributed by atoms with Crippen LogP contribution in [0, 0.1) is 0 Å². The van der Waals surface area contributed by atoms with Gasteiger partial charge in [0.2, 0.25) is 29.5 Å². The Morgan fingerprint density at radius 1 is 1.12 bits per heavy atom. The van der Waals surface area contributed by atoms with Crippen LogP contribution in [0.3, 0.4) is 0 Å². The molecule has 2 atom stereocenters. The third-order valence-electron chi connectivity index (χ3n) is 4.79. The summed E-state index contributed by atoms with van der Waals surface area (Å²) in [6.07, 6.45) is 1.23. The maximum absolute atomic E-state index is 12.5. The first-order chi connectivity index (χ1) is 15.0. The first-order valence-corrected chi connectivity index (χ1v) is 10.4. The average Bonchev–Trinajstić information content (AvgIpc) is 3.25. The lowest BCUT2D eigenvalue weighted by atomic mass is 10.1. The number of carboxylic acids is 1. The second-order valence-electron chi connectivity index (χ2n) is 7.72. The van der Waals surface area contributed by atoms with Crippen LogP contribution >= 0.6 is 0 Å². The van der Waals surface area contributed by atoms with E-state index in [2.05, 4.69) is 21.3 Å². The summed E-state index contributed by atoms with van der Waals surface area (Å²) in [5.74, 6) is -4.21. The van der Waals surface area contributed by atoms with Crippen LogP contribution in [0.5, 0.6) is 0 Å². The zero-order valence-electron chi connectivity index (χ0n) is 18.3. The van der Waals surface area contributed by atoms with E-state index in [-0.39, 0.29) is 31.3 Å². The highest BCUT2D eigenvalue weighted by Crippen LogP contribution is 2.04. The molecule has 32 heavy (non-hydrogen) atoms. The third kappa shape index (κ3) is 9.73. The molecule has 0 aromatic carbocycles. The summed E-state index contributed by atoms with van der Waals surface area (Å²) in [7, 11) is 0. The number of carboxylic acid groups (broad SMARTS) is 1. The minimum atomic E-state index is -1.19. The number of hydrogen-bond donors (Lipinski definition) is 6. The molecule has 13 heteroatoms. The molecule has 1 heterocycles. The summed E-state index contributed by atoms with van der Waals surface area (Å²) in [5.41, 5.74) is 5.12. The second kappa shape index (κ2) is 13.2. The number of nitrogens with one attached hydrogen (secondary N) is 4. The molecule has 1 saturated heterocycles. The third-order valence-corrected chi connectivity index (χ3v) is 4.79. The molecule has 1 fully saturated rings. The molecule has 0 aliphatic carbocycles. The van der Waals surface area contributed by atoms with Crippen LogP contribution < -0.4 is 27.0 Å². The monoisotopic (exact) mass is 456 g/mol. The van der Waals surface area contributed by atoms with Crippen molar-refractivity contribution in [1.82, 2.24) is 26.2 Å². The molecule has 7 N–H and O–H groups in total. The van der Waals surface area contributed by atoms with Crippen molar-refractivity contribution in [1.29, 1.82) is 0 Å². The quantitative estimate of drug-likeness (QED) is 0.169. The molecule has 0 radical (unpaired) electrons. The van der Waals surface area contributed by atoms with Gasteiger partial charge in [0.05, 0.1) is 19.1 Å². The molecule has 0 aromatic heterocycles. The van der Waals surface area contributed by atoms with Gasteiger partial charge in [-0.05, 0) is 39.7 Å². The van der Waals surface area contributed by atoms with E-state index in [9.17, 15) is 28.8 Å². The zero-order chi connectivity index (χ0) is 24.3. The molecule has 1 rings (SSSR count). The first kappa shape index (κ1) is 26.8. The van der Waals surface area contributed by atoms with Crippen molar-refractivity contribution < 1.29 is 33.9 Å². The molecule has 2 unspecified atom stereocenters. The number of nitrogens with zero attached hydrogens (tertiary/aromatic N) is 1. The summed E-state index contributed by atoms with van der Waals surface area (Å²) in [5, 5.41) is 19.1. The molecule has 13 nitrogen and oxygen atoms in total. The second-order valence-corrected chi connectivity index (χ2v) is 7.72. The van der Waals surface area contributed by atoms with E-state index in [4.69, 9.17) is 10.8 Å². The Hall–Kier alpha value is -3.22. The number of primary amides is 1. The molecule has 0 spiro atoms. The predicted molar refractivity (Wildman–Crippen MR) is 112 cm³/mol. The van der Waals surface area contributed by atoms with E-state index in [1.54, 1.807) is 13.8 Å². The summed E-state index contributed by atoms with van der Waals surface area (Å²) in [6.45, 7) is 2.61. The van der Waals surface area contributed by atoms with Gasteiger partial charge in [-0.3, -0.25) is 28.8 Å². The smallest absolute Gasteiger partial charge is 0.323 e. The molecule has 5 amide bonds. The first-order valence-electron chi connectivity index (χ1n) is 10.4. The van der Waals surface area contributed by atoms with Crippen LogP contribution in [0.4, 0.5) is 0 Å². The summed E-state index contributed by atoms with van der Waals surface area (Å²) < 4.78 is 0. The van der Waals surface area contributed by atoms with Crippen molar-refractivity contribution in [2.45, 2.75) is 57.7 Å². The van der Waals surface area contributed by atoms with Crippen LogP contribution in [0.2, 0.25) is 0 Å². The number of rotatable bonds is 13. The molecule has 0 saturated carbocycles. The van der Waals surface area contributed by atoms with Gasteiger partial charge in [0.1, 0.15) is 12.6 Å². The Balaban J connectivity index is 2.63. The van der Waals surface area contributed by atoms with Crippen LogP contribution in [-0.2, 0) is 28.8 Å². The van der Waals surface area contributed by atoms with Gasteiger partial charge in [-0.15, -0.1) is 0 Å². The lowest BCUT2D eigenvalue weighted by molar-refractivity contribution is -0.145. The average molecular weight is 457 g/mol. The molecule has 1 aliphatic rings. The van der Waals surface area contributed by atoms with Crippen molar-refractivity contribution in [3.05, 3.63) is 0 Å². The van der Waals surface area contributed by atoms with Gasteiger partial charge < -0.3 is 37.0 Å². The number of aliphatic carboxylic acids is 1. The summed E-state index contributed by atoms with van der Waals surface area (Å²) in [6, 6.07) is -1.94. The topological polar surface area (TPSA) is 200 Å². The van der Waals surface area contributed by atoms with Gasteiger partial charge in [0, 0.05) is 12.5 Å². The van der Waals surface area contributed by atoms with Gasteiger partial charge in [-0.25, -0.2) is 0 Å². The minimum Gasteiger partial charge on any atom is -0.480 e. The SMILES string of the molecule is CC(C)N(CC(=O)O)C(=O)CNC(=O)C(CCC(N)=O)NC(=O)CNC(=O)C1CCCN1. The van der Waals surface area contributed by atoms with Gasteiger partial charge in [-0.1, -0.05) is 0 Å². The van der Waals surface area contributed by atoms with Crippen molar-refractivity contribution >= 4 is 35.5 Å². The maximum Gasteiger partial charge on any atom is 0.323 e. The molecular weight excluding hydrogens is 424 g/mol. The fourth-order valence-electron chi connectivity index (χ4n) is 3.09. The Kier molecular flexibility index (Phi) is 11.1. The van der Waals surface area contributed by atoms with Crippen molar-refractivity contribution in [2.75, 3.05) is 26.2 Å². The van der Waals surface area contributed by atoms with Crippen molar-refractivity contribution in [2.24, 2.45) is 5.73 Å². The van der Waals surface area contributed by atoms with Crippen LogP contribution in [0.1, 0.15) is 39.5 Å². The fraction of sp³-hybridized carbons (Fsp3) is 0.684. The van der Waals surface area contributed by atoms with Crippen molar-refractivity contribution in [3.8, 4) is 0 Å². The Morgan fingerprint density at radius 3 is 2.34 bits per heavy atom. The van der Waals surface area contributed by atoms with Crippen LogP contribution in [0.15, 0.2) is 0 Å². The highest BCUT2D eigenvalue weighted by molar-refractivity contribution is 5.93. The number of amides is 5. The number of nitrogens with two attached hydrogens (primary N) is 1. The Bertz CT molecular complexity index is 721. The van der Waals surface area contributed by atoms with Crippen molar-refractivity contribution in [3.63, 3.8) is 0 Å². The lowest BCUT2D eigenvalue weighted by Crippen LogP contribution is -2.53. The normalized spacial score (nSPS) is 16.2. The van der Waals surface area contributed by atoms with E-state index in [1.807, 2.05) is 0 Å². The fourth-order valence-corrected chi connectivity index (χ4v) is 3.09. The molecule has 0 aromatic rings. The van der Waals surface area contributed by atoms with E-state index in [0.29, 0.717) is 6.42 Å². The highest BCUT2D eigenvalue weighted by Gasteiger charge is 2.26. The Labute approximate surface area is 185 Å². The largest absolute Gasteiger partial charge is 0.480 e. The lowest BCUT2D eigenvalue weighted by Gasteiger charge is -2.25. The molecule has 180 valence electrons. The van der Waals surface area contributed by atoms with E-state index >= 15 is 0 Å². The standard InChI is InChI=1S/C19H32N6O7/c1-11(2)25(10-17(29)30)16(28)9-23-19(32)13(5-6-14(20)26)24-15(27)8-22-18(31)12-4-3-7-21-12/h11-13,21H,3-10H2,1-2H3,(H2,20,26)(H,22,31)(H,23,32)(H,24,27)(H,29,30). The minimum absolute atomic E-state index is 0.109. The predicted octanol–water partition coefficient (Wildman–Crippen LogP) is -2.96. The molecular formula is C19H32N6O7. The van der Waals surface area contributed by atoms with Gasteiger partial charge in [0.15, 0.2) is 0 Å². The molecule has 0 bridgehead atoms. The number of hydrogen-bond acceptors (Lipinski definition) is 7. The van der Waals surface area contributed by atoms with E-state index in [1.165, 1.54) is 0 Å². The van der Waals surface area contributed by atoms with Gasteiger partial charge in [-0.2, -0.15) is 0 Å².